The lowest BCUT2D eigenvalue weighted by Crippen LogP contribution is -2.18. The fourth-order valence-electron chi connectivity index (χ4n) is 11.1. The minimum atomic E-state index is -0.135. The highest BCUT2D eigenvalue weighted by Crippen LogP contribution is 2.36. The Morgan fingerprint density at radius 1 is 0.229 bits per heavy atom. The van der Waals surface area contributed by atoms with Crippen LogP contribution in [-0.4, -0.2) is 13.2 Å². The van der Waals surface area contributed by atoms with Crippen LogP contribution in [0.15, 0.2) is 291 Å². The van der Waals surface area contributed by atoms with Gasteiger partial charge in [0, 0.05) is 10.8 Å². The molecular weight excluding hydrogens is 1170 g/mol. The molecule has 0 heterocycles. The van der Waals surface area contributed by atoms with E-state index in [1.165, 1.54) is 89.0 Å². The van der Waals surface area contributed by atoms with Gasteiger partial charge in [0.05, 0.1) is 13.2 Å². The number of benzene rings is 12. The van der Waals surface area contributed by atoms with E-state index < -0.39 is 0 Å². The van der Waals surface area contributed by atoms with Crippen molar-refractivity contribution in [3.63, 3.8) is 0 Å². The van der Waals surface area contributed by atoms with E-state index >= 15 is 0 Å². The smallest absolute Gasteiger partial charge is 0.127 e. The van der Waals surface area contributed by atoms with Gasteiger partial charge in [0.25, 0.3) is 0 Å². The van der Waals surface area contributed by atoms with Crippen LogP contribution in [0.4, 0.5) is 0 Å². The molecule has 490 valence electrons. The van der Waals surface area contributed by atoms with Crippen LogP contribution in [0, 0.1) is 55.4 Å². The third kappa shape index (κ3) is 22.4. The Bertz CT molecular complexity index is 3970. The van der Waals surface area contributed by atoms with E-state index in [9.17, 15) is 0 Å². The average Bonchev–Trinajstić information content (AvgIpc) is 0.827. The van der Waals surface area contributed by atoms with Crippen LogP contribution >= 0.6 is 0 Å². The van der Waals surface area contributed by atoms with Crippen molar-refractivity contribution in [3.8, 4) is 57.1 Å². The maximum atomic E-state index is 6.00. The molecule has 0 unspecified atom stereocenters. The molecule has 0 atom stereocenters. The molecule has 12 aromatic rings. The second-order valence-corrected chi connectivity index (χ2v) is 25.7. The van der Waals surface area contributed by atoms with Gasteiger partial charge in [0.15, 0.2) is 0 Å². The van der Waals surface area contributed by atoms with E-state index in [0.29, 0.717) is 13.2 Å². The van der Waals surface area contributed by atoms with Crippen molar-refractivity contribution in [3.05, 3.63) is 369 Å². The van der Waals surface area contributed by atoms with E-state index in [1.807, 2.05) is 135 Å². The highest BCUT2D eigenvalue weighted by Gasteiger charge is 2.24. The SMILES string of the molecule is CCOc1ccc(C(C)(C)c2ccc(OCC)cc2)cc1.Cc1cccc(-c2cccc(C)c2)c1.Cc1cccc(Cc2cccc(C)c2)c1.Cc1cccc(Oc2ccc(C(C)(C)c3ccc(Oc4cccc(C)c4)cc3)cc2)c1.Cc1cccc(Oc2cccc(C)c2)c1. The summed E-state index contributed by atoms with van der Waals surface area (Å²) in [5.41, 5.74) is 20.3. The zero-order valence-electron chi connectivity index (χ0n) is 58.9. The molecule has 5 nitrogen and oxygen atoms in total. The van der Waals surface area contributed by atoms with Crippen molar-refractivity contribution in [2.24, 2.45) is 0 Å². The van der Waals surface area contributed by atoms with Crippen molar-refractivity contribution < 1.29 is 23.7 Å². The number of aryl methyl sites for hydroxylation is 8. The van der Waals surface area contributed by atoms with Gasteiger partial charge in [0.2, 0.25) is 0 Å². The van der Waals surface area contributed by atoms with Gasteiger partial charge in [0.1, 0.15) is 46.0 Å². The highest BCUT2D eigenvalue weighted by molar-refractivity contribution is 5.65. The topological polar surface area (TPSA) is 46.2 Å². The molecule has 12 aromatic carbocycles. The minimum Gasteiger partial charge on any atom is -0.494 e. The standard InChI is InChI=1S/C29H28O2.C19H24O2.C15H16.C14H14O.C14H14/c1-21-7-5-9-27(19-21)30-25-15-11-23(12-16-25)29(3,4)24-13-17-26(18-14-24)31-28-10-6-8-22(2)20-28;1-5-20-17-11-7-15(8-12-17)19(3,4)16-9-13-18(14-10-16)21-6-2;1-12-5-3-7-14(9-12)11-15-8-4-6-13(2)10-15;1-11-5-3-7-13(9-11)15-14-8-4-6-12(2)10-14;1-11-5-3-7-13(9-11)14-8-4-6-12(2)10-14/h5-20H,1-4H3;7-14H,5-6H2,1-4H3;3-10H,11H2,1-2H3;3-10H,1-2H3;3-10H,1-2H3. The minimum absolute atomic E-state index is 0.0461. The zero-order chi connectivity index (χ0) is 68.5. The van der Waals surface area contributed by atoms with Crippen molar-refractivity contribution in [1.29, 1.82) is 0 Å². The van der Waals surface area contributed by atoms with E-state index in [-0.39, 0.29) is 10.8 Å². The van der Waals surface area contributed by atoms with Gasteiger partial charge in [-0.2, -0.15) is 0 Å². The lowest BCUT2D eigenvalue weighted by Gasteiger charge is -2.26. The zero-order valence-corrected chi connectivity index (χ0v) is 58.9. The molecule has 0 saturated heterocycles. The Labute approximate surface area is 574 Å². The first-order valence-electron chi connectivity index (χ1n) is 33.4. The molecule has 0 N–H and O–H groups in total. The van der Waals surface area contributed by atoms with Crippen molar-refractivity contribution in [2.75, 3.05) is 13.2 Å². The summed E-state index contributed by atoms with van der Waals surface area (Å²) in [6.45, 7) is 31.1. The number of hydrogen-bond donors (Lipinski definition) is 0. The lowest BCUT2D eigenvalue weighted by molar-refractivity contribution is 0.340. The van der Waals surface area contributed by atoms with Gasteiger partial charge >= 0.3 is 0 Å². The lowest BCUT2D eigenvalue weighted by atomic mass is 9.78. The first kappa shape index (κ1) is 71.5. The Morgan fingerprint density at radius 2 is 0.458 bits per heavy atom. The maximum absolute atomic E-state index is 6.00. The predicted octanol–water partition coefficient (Wildman–Crippen LogP) is 25.0. The number of rotatable bonds is 17. The van der Waals surface area contributed by atoms with Crippen LogP contribution < -0.4 is 23.7 Å². The monoisotopic (exact) mass is 1270 g/mol. The van der Waals surface area contributed by atoms with E-state index in [0.717, 1.165) is 52.4 Å². The highest BCUT2D eigenvalue weighted by atomic mass is 16.5. The van der Waals surface area contributed by atoms with Crippen molar-refractivity contribution in [1.82, 2.24) is 0 Å². The first-order valence-corrected chi connectivity index (χ1v) is 33.4. The second kappa shape index (κ2) is 35.2. The van der Waals surface area contributed by atoms with Crippen LogP contribution in [0.25, 0.3) is 11.1 Å². The Kier molecular flexibility index (Phi) is 26.2. The van der Waals surface area contributed by atoms with Gasteiger partial charge in [-0.15, -0.1) is 0 Å². The fraction of sp³-hybridized carbons (Fsp3) is 0.209. The van der Waals surface area contributed by atoms with E-state index in [1.54, 1.807) is 0 Å². The summed E-state index contributed by atoms with van der Waals surface area (Å²) in [7, 11) is 0. The quantitative estimate of drug-likeness (QED) is 0.0909. The Balaban J connectivity index is 0.000000160. The molecule has 96 heavy (non-hydrogen) atoms. The number of hydrogen-bond acceptors (Lipinski definition) is 5. The van der Waals surface area contributed by atoms with Crippen LogP contribution in [0.2, 0.25) is 0 Å². The largest absolute Gasteiger partial charge is 0.494 e. The summed E-state index contributed by atoms with van der Waals surface area (Å²) in [5, 5.41) is 0. The summed E-state index contributed by atoms with van der Waals surface area (Å²) in [6, 6.07) is 100. The van der Waals surface area contributed by atoms with Gasteiger partial charge in [-0.1, -0.05) is 244 Å². The first-order chi connectivity index (χ1) is 46.2. The fourth-order valence-corrected chi connectivity index (χ4v) is 11.1. The molecule has 0 radical (unpaired) electrons. The van der Waals surface area contributed by atoms with Crippen LogP contribution in [-0.2, 0) is 17.3 Å². The predicted molar refractivity (Wildman–Crippen MR) is 404 cm³/mol. The molecule has 0 saturated carbocycles. The van der Waals surface area contributed by atoms with Gasteiger partial charge in [-0.05, 0) is 239 Å². The Morgan fingerprint density at radius 3 is 0.708 bits per heavy atom. The summed E-state index contributed by atoms with van der Waals surface area (Å²) in [4.78, 5) is 0. The molecule has 0 aliphatic rings. The summed E-state index contributed by atoms with van der Waals surface area (Å²) in [5.74, 6) is 7.01. The molecule has 0 spiro atoms. The van der Waals surface area contributed by atoms with Crippen molar-refractivity contribution in [2.45, 2.75) is 114 Å². The molecule has 0 amide bonds. The Hall–Kier alpha value is -10.4. The maximum Gasteiger partial charge on any atom is 0.127 e. The number of ether oxygens (including phenoxy) is 5. The third-order valence-corrected chi connectivity index (χ3v) is 16.5. The van der Waals surface area contributed by atoms with Crippen LogP contribution in [0.3, 0.4) is 0 Å². The van der Waals surface area contributed by atoms with E-state index in [4.69, 9.17) is 23.7 Å². The average molecular weight is 1270 g/mol. The van der Waals surface area contributed by atoms with Gasteiger partial charge in [-0.3, -0.25) is 0 Å². The molecule has 0 aliphatic carbocycles. The van der Waals surface area contributed by atoms with Crippen molar-refractivity contribution >= 4 is 0 Å². The molecule has 0 fully saturated rings. The van der Waals surface area contributed by atoms with E-state index in [2.05, 4.69) is 253 Å². The molecule has 0 aliphatic heterocycles. The molecule has 5 heteroatoms. The van der Waals surface area contributed by atoms with Crippen LogP contribution in [0.1, 0.15) is 119 Å². The third-order valence-electron chi connectivity index (χ3n) is 16.5. The molecule has 0 bridgehead atoms. The normalized spacial score (nSPS) is 10.7. The summed E-state index contributed by atoms with van der Waals surface area (Å²) >= 11 is 0. The second-order valence-electron chi connectivity index (χ2n) is 25.7. The summed E-state index contributed by atoms with van der Waals surface area (Å²) < 4.78 is 28.7. The van der Waals surface area contributed by atoms with Gasteiger partial charge in [-0.25, -0.2) is 0 Å². The molecule has 12 rings (SSSR count). The summed E-state index contributed by atoms with van der Waals surface area (Å²) in [6.07, 6.45) is 1.03. The van der Waals surface area contributed by atoms with Crippen LogP contribution in [0.5, 0.6) is 46.0 Å². The van der Waals surface area contributed by atoms with Gasteiger partial charge < -0.3 is 23.7 Å². The molecule has 0 aromatic heterocycles. The molecular formula is C91H96O5.